The van der Waals surface area contributed by atoms with E-state index in [1.165, 1.54) is 25.7 Å². The molecule has 0 amide bonds. The third-order valence-corrected chi connectivity index (χ3v) is 4.11. The molecule has 0 radical (unpaired) electrons. The second-order valence-corrected chi connectivity index (χ2v) is 6.66. The molecule has 1 heterocycles. The summed E-state index contributed by atoms with van der Waals surface area (Å²) in [4.78, 5) is 4.31. The van der Waals surface area contributed by atoms with Crippen LogP contribution in [0.5, 0.6) is 0 Å². The predicted octanol–water partition coefficient (Wildman–Crippen LogP) is 3.22. The molecule has 3 heteroatoms. The van der Waals surface area contributed by atoms with Crippen molar-refractivity contribution < 1.29 is 0 Å². The Morgan fingerprint density at radius 3 is 2.71 bits per heavy atom. The van der Waals surface area contributed by atoms with Gasteiger partial charge in [-0.2, -0.15) is 0 Å². The van der Waals surface area contributed by atoms with Crippen LogP contribution in [0.15, 0.2) is 12.5 Å². The second kappa shape index (κ2) is 4.13. The van der Waals surface area contributed by atoms with Gasteiger partial charge in [-0.15, -0.1) is 0 Å². The van der Waals surface area contributed by atoms with E-state index in [2.05, 4.69) is 37.2 Å². The Morgan fingerprint density at radius 2 is 2.12 bits per heavy atom. The van der Waals surface area contributed by atoms with Crippen LogP contribution in [0.1, 0.15) is 65.1 Å². The minimum atomic E-state index is -0.315. The van der Waals surface area contributed by atoms with Gasteiger partial charge in [0, 0.05) is 12.2 Å². The van der Waals surface area contributed by atoms with Crippen LogP contribution in [-0.4, -0.2) is 9.55 Å². The number of rotatable bonds is 2. The summed E-state index contributed by atoms with van der Waals surface area (Å²) in [6, 6.07) is 0.538. The average Bonchev–Trinajstić information content (AvgIpc) is 2.64. The fourth-order valence-electron chi connectivity index (χ4n) is 3.04. The third kappa shape index (κ3) is 2.39. The molecule has 0 saturated heterocycles. The Labute approximate surface area is 104 Å². The summed E-state index contributed by atoms with van der Waals surface area (Å²) in [5, 5.41) is 0. The van der Waals surface area contributed by atoms with Crippen LogP contribution in [0.25, 0.3) is 0 Å². The fourth-order valence-corrected chi connectivity index (χ4v) is 3.04. The van der Waals surface area contributed by atoms with Crippen molar-refractivity contribution in [1.82, 2.24) is 9.55 Å². The Morgan fingerprint density at radius 1 is 1.41 bits per heavy atom. The number of nitrogens with zero attached hydrogens (tertiary/aromatic N) is 2. The van der Waals surface area contributed by atoms with Crippen molar-refractivity contribution in [2.24, 2.45) is 11.1 Å². The molecule has 1 fully saturated rings. The minimum absolute atomic E-state index is 0.315. The highest BCUT2D eigenvalue weighted by atomic mass is 15.1. The SMILES string of the molecule is CC(C)(N)c1cncn1C1CCCCC1(C)C. The van der Waals surface area contributed by atoms with Gasteiger partial charge >= 0.3 is 0 Å². The Kier molecular flexibility index (Phi) is 3.06. The van der Waals surface area contributed by atoms with Crippen molar-refractivity contribution in [3.63, 3.8) is 0 Å². The van der Waals surface area contributed by atoms with Crippen molar-refractivity contribution in [3.8, 4) is 0 Å². The molecule has 2 N–H and O–H groups in total. The van der Waals surface area contributed by atoms with Gasteiger partial charge in [-0.25, -0.2) is 4.98 Å². The summed E-state index contributed by atoms with van der Waals surface area (Å²) in [6.45, 7) is 8.83. The number of imidazole rings is 1. The maximum atomic E-state index is 6.24. The summed E-state index contributed by atoms with van der Waals surface area (Å²) in [6.07, 6.45) is 9.08. The molecule has 1 saturated carbocycles. The van der Waals surface area contributed by atoms with E-state index in [0.29, 0.717) is 11.5 Å². The molecule has 0 aromatic carbocycles. The summed E-state index contributed by atoms with van der Waals surface area (Å²) in [7, 11) is 0. The summed E-state index contributed by atoms with van der Waals surface area (Å²) < 4.78 is 2.32. The van der Waals surface area contributed by atoms with E-state index in [1.807, 2.05) is 12.5 Å². The highest BCUT2D eigenvalue weighted by Crippen LogP contribution is 2.44. The molecule has 96 valence electrons. The molecule has 0 aliphatic heterocycles. The van der Waals surface area contributed by atoms with E-state index >= 15 is 0 Å². The van der Waals surface area contributed by atoms with Crippen molar-refractivity contribution in [2.45, 2.75) is 65.0 Å². The molecular formula is C14H25N3. The molecule has 0 bridgehead atoms. The fraction of sp³-hybridized carbons (Fsp3) is 0.786. The minimum Gasteiger partial charge on any atom is -0.329 e. The zero-order chi connectivity index (χ0) is 12.7. The molecular weight excluding hydrogens is 210 g/mol. The number of aromatic nitrogens is 2. The normalized spacial score (nSPS) is 24.9. The molecule has 1 aliphatic rings. The lowest BCUT2D eigenvalue weighted by molar-refractivity contribution is 0.138. The third-order valence-electron chi connectivity index (χ3n) is 4.11. The lowest BCUT2D eigenvalue weighted by Crippen LogP contribution is -2.37. The maximum Gasteiger partial charge on any atom is 0.0951 e. The Hall–Kier alpha value is -0.830. The van der Waals surface area contributed by atoms with E-state index in [4.69, 9.17) is 5.73 Å². The standard InChI is InChI=1S/C14H25N3/c1-13(2)8-6-5-7-11(13)17-10-16-9-12(17)14(3,4)15/h9-11H,5-8,15H2,1-4H3. The zero-order valence-electron chi connectivity index (χ0n) is 11.5. The van der Waals surface area contributed by atoms with E-state index in [1.54, 1.807) is 0 Å². The van der Waals surface area contributed by atoms with Crippen molar-refractivity contribution in [3.05, 3.63) is 18.2 Å². The largest absolute Gasteiger partial charge is 0.329 e. The number of hydrogen-bond acceptors (Lipinski definition) is 2. The van der Waals surface area contributed by atoms with Gasteiger partial charge in [0.25, 0.3) is 0 Å². The van der Waals surface area contributed by atoms with Gasteiger partial charge in [0.2, 0.25) is 0 Å². The molecule has 1 unspecified atom stereocenters. The maximum absolute atomic E-state index is 6.24. The molecule has 1 aromatic heterocycles. The van der Waals surface area contributed by atoms with Crippen molar-refractivity contribution in [2.75, 3.05) is 0 Å². The second-order valence-electron chi connectivity index (χ2n) is 6.66. The van der Waals surface area contributed by atoms with Crippen LogP contribution < -0.4 is 5.73 Å². The van der Waals surface area contributed by atoms with Crippen LogP contribution >= 0.6 is 0 Å². The zero-order valence-corrected chi connectivity index (χ0v) is 11.5. The quantitative estimate of drug-likeness (QED) is 0.855. The molecule has 1 aliphatic carbocycles. The summed E-state index contributed by atoms with van der Waals surface area (Å²) in [5.74, 6) is 0. The van der Waals surface area contributed by atoms with Gasteiger partial charge < -0.3 is 10.3 Å². The van der Waals surface area contributed by atoms with Crippen LogP contribution in [-0.2, 0) is 5.54 Å². The Balaban J connectivity index is 2.37. The van der Waals surface area contributed by atoms with Gasteiger partial charge in [-0.3, -0.25) is 0 Å². The molecule has 3 nitrogen and oxygen atoms in total. The van der Waals surface area contributed by atoms with Gasteiger partial charge in [0.15, 0.2) is 0 Å². The lowest BCUT2D eigenvalue weighted by atomic mass is 9.73. The lowest BCUT2D eigenvalue weighted by Gasteiger charge is -2.41. The highest BCUT2D eigenvalue weighted by molar-refractivity contribution is 5.12. The van der Waals surface area contributed by atoms with E-state index in [-0.39, 0.29) is 5.54 Å². The summed E-state index contributed by atoms with van der Waals surface area (Å²) in [5.41, 5.74) is 7.42. The molecule has 17 heavy (non-hydrogen) atoms. The number of nitrogens with two attached hydrogens (primary N) is 1. The van der Waals surface area contributed by atoms with Crippen molar-refractivity contribution in [1.29, 1.82) is 0 Å². The first-order valence-electron chi connectivity index (χ1n) is 6.63. The first-order valence-corrected chi connectivity index (χ1v) is 6.63. The van der Waals surface area contributed by atoms with Gasteiger partial charge in [-0.1, -0.05) is 26.7 Å². The van der Waals surface area contributed by atoms with Crippen LogP contribution in [0.3, 0.4) is 0 Å². The van der Waals surface area contributed by atoms with Crippen LogP contribution in [0.2, 0.25) is 0 Å². The molecule has 2 rings (SSSR count). The molecule has 1 atom stereocenters. The number of hydrogen-bond donors (Lipinski definition) is 1. The van der Waals surface area contributed by atoms with Crippen molar-refractivity contribution >= 4 is 0 Å². The molecule has 1 aromatic rings. The first-order chi connectivity index (χ1) is 7.82. The topological polar surface area (TPSA) is 43.8 Å². The summed E-state index contributed by atoms with van der Waals surface area (Å²) >= 11 is 0. The first kappa shape index (κ1) is 12.6. The smallest absolute Gasteiger partial charge is 0.0951 e. The van der Waals surface area contributed by atoms with E-state index < -0.39 is 0 Å². The van der Waals surface area contributed by atoms with Gasteiger partial charge in [0.05, 0.1) is 17.6 Å². The monoisotopic (exact) mass is 235 g/mol. The van der Waals surface area contributed by atoms with E-state index in [0.717, 1.165) is 5.69 Å². The highest BCUT2D eigenvalue weighted by Gasteiger charge is 2.35. The average molecular weight is 235 g/mol. The van der Waals surface area contributed by atoms with Crippen LogP contribution in [0.4, 0.5) is 0 Å². The predicted molar refractivity (Wildman–Crippen MR) is 70.7 cm³/mol. The van der Waals surface area contributed by atoms with Gasteiger partial charge in [-0.05, 0) is 32.1 Å². The Bertz CT molecular complexity index is 384. The van der Waals surface area contributed by atoms with E-state index in [9.17, 15) is 0 Å². The van der Waals surface area contributed by atoms with Gasteiger partial charge in [0.1, 0.15) is 0 Å². The molecule has 0 spiro atoms. The van der Waals surface area contributed by atoms with Crippen LogP contribution in [0, 0.1) is 5.41 Å².